The fraction of sp³-hybridized carbons (Fsp3) is 0.143. The van der Waals surface area contributed by atoms with Gasteiger partial charge in [0.15, 0.2) is 0 Å². The molecule has 0 aliphatic carbocycles. The second kappa shape index (κ2) is 4.70. The monoisotopic (exact) mass is 299 g/mol. The smallest absolute Gasteiger partial charge is 0.275 e. The van der Waals surface area contributed by atoms with Crippen LogP contribution < -0.4 is 4.90 Å². The second-order valence-electron chi connectivity index (χ2n) is 4.26. The maximum absolute atomic E-state index is 14.0. The van der Waals surface area contributed by atoms with E-state index in [2.05, 4.69) is 0 Å². The highest BCUT2D eigenvalue weighted by molar-refractivity contribution is 7.99. The average molecular weight is 299 g/mol. The molecule has 104 valence electrons. The van der Waals surface area contributed by atoms with Gasteiger partial charge in [-0.1, -0.05) is 36.0 Å². The van der Waals surface area contributed by atoms with Crippen molar-refractivity contribution in [2.45, 2.75) is 22.3 Å². The van der Waals surface area contributed by atoms with Crippen LogP contribution in [0, 0.1) is 0 Å². The summed E-state index contributed by atoms with van der Waals surface area (Å²) in [5.41, 5.74) is 0.197. The highest BCUT2D eigenvalue weighted by atomic mass is 32.2. The Balaban J connectivity index is 2.23. The lowest BCUT2D eigenvalue weighted by Crippen LogP contribution is -2.45. The molecule has 2 aromatic carbocycles. The topological polar surface area (TPSA) is 3.24 Å². The Morgan fingerprint density at radius 3 is 1.75 bits per heavy atom. The van der Waals surface area contributed by atoms with Gasteiger partial charge in [-0.3, -0.25) is 4.90 Å². The van der Waals surface area contributed by atoms with Crippen molar-refractivity contribution in [1.29, 1.82) is 0 Å². The van der Waals surface area contributed by atoms with Crippen LogP contribution in [-0.2, 0) is 0 Å². The van der Waals surface area contributed by atoms with Gasteiger partial charge in [0, 0.05) is 9.79 Å². The predicted octanol–water partition coefficient (Wildman–Crippen LogP) is 5.15. The minimum absolute atomic E-state index is 0.0986. The number of alkyl halides is 4. The lowest BCUT2D eigenvalue weighted by molar-refractivity contribution is -0.122. The van der Waals surface area contributed by atoms with Gasteiger partial charge >= 0.3 is 12.5 Å². The first-order valence-corrected chi connectivity index (χ1v) is 6.65. The van der Waals surface area contributed by atoms with Crippen molar-refractivity contribution < 1.29 is 17.6 Å². The molecule has 1 aliphatic heterocycles. The number of nitrogens with zero attached hydrogens (tertiary/aromatic N) is 1. The highest BCUT2D eigenvalue weighted by Crippen LogP contribution is 2.52. The number of halogens is 4. The molecule has 0 saturated heterocycles. The van der Waals surface area contributed by atoms with E-state index >= 15 is 0 Å². The van der Waals surface area contributed by atoms with E-state index in [1.54, 1.807) is 36.4 Å². The maximum Gasteiger partial charge on any atom is 0.390 e. The van der Waals surface area contributed by atoms with Crippen LogP contribution in [0.5, 0.6) is 0 Å². The number of hydrogen-bond acceptors (Lipinski definition) is 2. The standard InChI is InChI=1S/C14H9F4NS/c15-13(16)14(17,18)19-9-5-1-3-7-11(9)20-12-8-4-2-6-10(12)19/h1-8,13H. The molecular formula is C14H9F4NS. The molecule has 0 atom stereocenters. The molecule has 20 heavy (non-hydrogen) atoms. The largest absolute Gasteiger partial charge is 0.390 e. The van der Waals surface area contributed by atoms with E-state index in [1.165, 1.54) is 23.9 Å². The Morgan fingerprint density at radius 1 is 0.850 bits per heavy atom. The minimum Gasteiger partial charge on any atom is -0.275 e. The summed E-state index contributed by atoms with van der Waals surface area (Å²) in [5, 5.41) is 0. The van der Waals surface area contributed by atoms with Crippen molar-refractivity contribution in [3.8, 4) is 0 Å². The molecule has 0 aromatic heterocycles. The molecule has 2 aromatic rings. The van der Waals surface area contributed by atoms with Crippen LogP contribution in [0.1, 0.15) is 0 Å². The lowest BCUT2D eigenvalue weighted by atomic mass is 10.2. The van der Waals surface area contributed by atoms with E-state index in [4.69, 9.17) is 0 Å². The van der Waals surface area contributed by atoms with Gasteiger partial charge < -0.3 is 0 Å². The molecule has 6 heteroatoms. The predicted molar refractivity (Wildman–Crippen MR) is 70.1 cm³/mol. The van der Waals surface area contributed by atoms with Gasteiger partial charge in [0.25, 0.3) is 0 Å². The number of benzene rings is 2. The highest BCUT2D eigenvalue weighted by Gasteiger charge is 2.50. The average Bonchev–Trinajstić information content (AvgIpc) is 2.44. The molecule has 0 fully saturated rings. The molecule has 0 bridgehead atoms. The summed E-state index contributed by atoms with van der Waals surface area (Å²) in [4.78, 5) is 1.50. The Bertz CT molecular complexity index is 599. The lowest BCUT2D eigenvalue weighted by Gasteiger charge is -2.37. The molecule has 0 N–H and O–H groups in total. The van der Waals surface area contributed by atoms with Crippen LogP contribution in [0.4, 0.5) is 28.9 Å². The summed E-state index contributed by atoms with van der Waals surface area (Å²) in [7, 11) is 0. The summed E-state index contributed by atoms with van der Waals surface area (Å²) in [6.07, 6.45) is -3.77. The summed E-state index contributed by atoms with van der Waals surface area (Å²) in [6.45, 7) is 0. The molecule has 1 aliphatic rings. The zero-order valence-corrected chi connectivity index (χ0v) is 10.9. The van der Waals surface area contributed by atoms with Crippen LogP contribution in [0.15, 0.2) is 58.3 Å². The van der Waals surface area contributed by atoms with Gasteiger partial charge in [-0.25, -0.2) is 8.78 Å². The normalized spacial score (nSPS) is 14.2. The second-order valence-corrected chi connectivity index (χ2v) is 5.35. The summed E-state index contributed by atoms with van der Waals surface area (Å²) < 4.78 is 53.5. The Kier molecular flexibility index (Phi) is 3.12. The van der Waals surface area contributed by atoms with Crippen molar-refractivity contribution in [2.24, 2.45) is 0 Å². The van der Waals surface area contributed by atoms with E-state index in [-0.39, 0.29) is 11.4 Å². The first-order valence-electron chi connectivity index (χ1n) is 5.84. The van der Waals surface area contributed by atoms with Crippen LogP contribution in [-0.4, -0.2) is 12.5 Å². The third-order valence-electron chi connectivity index (χ3n) is 2.99. The molecule has 3 rings (SSSR count). The fourth-order valence-electron chi connectivity index (χ4n) is 2.12. The molecule has 0 spiro atoms. The van der Waals surface area contributed by atoms with Gasteiger partial charge in [-0.15, -0.1) is 0 Å². The third kappa shape index (κ3) is 1.95. The molecule has 1 nitrogen and oxygen atoms in total. The van der Waals surface area contributed by atoms with E-state index in [0.29, 0.717) is 14.7 Å². The number of hydrogen-bond donors (Lipinski definition) is 0. The Hall–Kier alpha value is -1.69. The van der Waals surface area contributed by atoms with Crippen molar-refractivity contribution in [1.82, 2.24) is 0 Å². The fourth-order valence-corrected chi connectivity index (χ4v) is 3.18. The van der Waals surface area contributed by atoms with Crippen molar-refractivity contribution in [2.75, 3.05) is 4.90 Å². The molecule has 1 heterocycles. The Labute approximate surface area is 117 Å². The number of rotatable bonds is 2. The van der Waals surface area contributed by atoms with E-state index in [1.807, 2.05) is 0 Å². The summed E-state index contributed by atoms with van der Waals surface area (Å²) in [5.74, 6) is 0. The van der Waals surface area contributed by atoms with Gasteiger partial charge in [0.1, 0.15) is 0 Å². The number of para-hydroxylation sites is 2. The Morgan fingerprint density at radius 2 is 1.30 bits per heavy atom. The van der Waals surface area contributed by atoms with Gasteiger partial charge in [0.05, 0.1) is 11.4 Å². The van der Waals surface area contributed by atoms with Crippen molar-refractivity contribution >= 4 is 23.1 Å². The molecule has 0 saturated carbocycles. The van der Waals surface area contributed by atoms with Gasteiger partial charge in [-0.05, 0) is 24.3 Å². The molecular weight excluding hydrogens is 290 g/mol. The molecule has 0 unspecified atom stereocenters. The quantitative estimate of drug-likeness (QED) is 0.557. The van der Waals surface area contributed by atoms with E-state index in [9.17, 15) is 17.6 Å². The van der Waals surface area contributed by atoms with Crippen LogP contribution >= 0.6 is 11.8 Å². The van der Waals surface area contributed by atoms with Crippen LogP contribution in [0.2, 0.25) is 0 Å². The summed E-state index contributed by atoms with van der Waals surface area (Å²) in [6, 6.07) is 8.38. The first-order chi connectivity index (χ1) is 9.51. The molecule has 0 amide bonds. The van der Waals surface area contributed by atoms with Gasteiger partial charge in [-0.2, -0.15) is 8.78 Å². The van der Waals surface area contributed by atoms with Gasteiger partial charge in [0.2, 0.25) is 0 Å². The number of fused-ring (bicyclic) bond motifs is 2. The van der Waals surface area contributed by atoms with Crippen LogP contribution in [0.25, 0.3) is 0 Å². The summed E-state index contributed by atoms with van der Waals surface area (Å²) >= 11 is 1.29. The van der Waals surface area contributed by atoms with Crippen molar-refractivity contribution in [3.05, 3.63) is 48.5 Å². The third-order valence-corrected chi connectivity index (χ3v) is 4.12. The zero-order valence-electron chi connectivity index (χ0n) is 10.1. The first kappa shape index (κ1) is 13.3. The number of anilines is 2. The van der Waals surface area contributed by atoms with E-state index in [0.717, 1.165) is 0 Å². The van der Waals surface area contributed by atoms with Crippen LogP contribution in [0.3, 0.4) is 0 Å². The SMILES string of the molecule is FC(F)C(F)(F)N1c2ccccc2Sc2ccccc21. The van der Waals surface area contributed by atoms with Crippen molar-refractivity contribution in [3.63, 3.8) is 0 Å². The van der Waals surface area contributed by atoms with E-state index < -0.39 is 12.5 Å². The molecule has 0 radical (unpaired) electrons. The maximum atomic E-state index is 14.0. The zero-order chi connectivity index (χ0) is 14.3. The minimum atomic E-state index is -4.26.